The molecule has 2 heterocycles. The number of aromatic nitrogens is 2. The molecule has 0 amide bonds. The Labute approximate surface area is 146 Å². The van der Waals surface area contributed by atoms with Crippen molar-refractivity contribution in [2.45, 2.75) is 76.7 Å². The molecule has 1 saturated carbocycles. The molecular weight excluding hydrogens is 322 g/mol. The first-order chi connectivity index (χ1) is 11.9. The Hall–Kier alpha value is -1.91. The molecule has 25 heavy (non-hydrogen) atoms. The maximum Gasteiger partial charge on any atom is 0.328 e. The molecule has 1 aliphatic carbocycles. The first-order valence-electron chi connectivity index (χ1n) is 9.00. The lowest BCUT2D eigenvalue weighted by Crippen LogP contribution is -2.39. The van der Waals surface area contributed by atoms with Crippen LogP contribution in [0.15, 0.2) is 9.59 Å². The van der Waals surface area contributed by atoms with Crippen LogP contribution >= 0.6 is 0 Å². The largest absolute Gasteiger partial charge is 0.348 e. The summed E-state index contributed by atoms with van der Waals surface area (Å²) in [5, 5.41) is 9.46. The van der Waals surface area contributed by atoms with Crippen LogP contribution in [0.1, 0.15) is 69.5 Å². The molecule has 0 spiro atoms. The Morgan fingerprint density at radius 3 is 2.60 bits per heavy atom. The Morgan fingerprint density at radius 1 is 1.28 bits per heavy atom. The van der Waals surface area contributed by atoms with Crippen molar-refractivity contribution in [3.8, 4) is 6.07 Å². The summed E-state index contributed by atoms with van der Waals surface area (Å²) >= 11 is 0. The lowest BCUT2D eigenvalue weighted by atomic mass is 9.85. The predicted molar refractivity (Wildman–Crippen MR) is 91.4 cm³/mol. The van der Waals surface area contributed by atoms with Gasteiger partial charge in [0, 0.05) is 18.2 Å². The minimum absolute atomic E-state index is 0.0791. The van der Waals surface area contributed by atoms with E-state index in [9.17, 15) is 14.9 Å². The molecule has 7 heteroatoms. The first-order valence-corrected chi connectivity index (χ1v) is 9.00. The molecule has 3 rings (SSSR count). The van der Waals surface area contributed by atoms with Crippen LogP contribution in [0.3, 0.4) is 0 Å². The van der Waals surface area contributed by atoms with E-state index < -0.39 is 17.0 Å². The molecule has 2 aliphatic rings. The summed E-state index contributed by atoms with van der Waals surface area (Å²) in [6.45, 7) is 4.31. The highest BCUT2D eigenvalue weighted by Crippen LogP contribution is 2.32. The van der Waals surface area contributed by atoms with Crippen LogP contribution in [0.4, 0.5) is 0 Å². The van der Waals surface area contributed by atoms with Crippen molar-refractivity contribution in [2.75, 3.05) is 6.61 Å². The molecule has 0 unspecified atom stereocenters. The zero-order chi connectivity index (χ0) is 18.0. The van der Waals surface area contributed by atoms with Crippen LogP contribution in [0.25, 0.3) is 0 Å². The van der Waals surface area contributed by atoms with Crippen LogP contribution < -0.4 is 11.2 Å². The minimum atomic E-state index is -0.634. The number of hydrogen-bond acceptors (Lipinski definition) is 5. The standard InChI is InChI=1S/C18H25N3O4/c1-18(2)24-11-13(25-18)8-9-21-16(22)14(10-19)15(20-17(21)23)12-6-4-3-5-7-12/h12-13H,3-9,11H2,1-2H3,(H,20,23)/t13-/m0/s1. The second-order valence-corrected chi connectivity index (χ2v) is 7.36. The van der Waals surface area contributed by atoms with Crippen LogP contribution in [0.2, 0.25) is 0 Å². The van der Waals surface area contributed by atoms with Crippen LogP contribution in [-0.4, -0.2) is 28.0 Å². The Balaban J connectivity index is 1.82. The fourth-order valence-electron chi connectivity index (χ4n) is 3.77. The topological polar surface area (TPSA) is 97.1 Å². The smallest absolute Gasteiger partial charge is 0.328 e. The molecule has 1 aromatic heterocycles. The van der Waals surface area contributed by atoms with Crippen LogP contribution in [-0.2, 0) is 16.0 Å². The molecule has 0 aromatic carbocycles. The third-order valence-electron chi connectivity index (χ3n) is 5.08. The molecule has 136 valence electrons. The zero-order valence-electron chi connectivity index (χ0n) is 14.8. The van der Waals surface area contributed by atoms with Gasteiger partial charge in [-0.3, -0.25) is 9.36 Å². The monoisotopic (exact) mass is 347 g/mol. The van der Waals surface area contributed by atoms with Crippen molar-refractivity contribution in [3.05, 3.63) is 32.1 Å². The van der Waals surface area contributed by atoms with Gasteiger partial charge in [0.25, 0.3) is 5.56 Å². The summed E-state index contributed by atoms with van der Waals surface area (Å²) in [7, 11) is 0. The Bertz CT molecular complexity index is 781. The minimum Gasteiger partial charge on any atom is -0.348 e. The number of nitrogens with one attached hydrogen (secondary N) is 1. The molecular formula is C18H25N3O4. The third kappa shape index (κ3) is 3.86. The van der Waals surface area contributed by atoms with E-state index in [1.165, 1.54) is 6.42 Å². The second kappa shape index (κ2) is 7.14. The van der Waals surface area contributed by atoms with Gasteiger partial charge in [0.15, 0.2) is 5.79 Å². The van der Waals surface area contributed by atoms with E-state index in [0.717, 1.165) is 30.3 Å². The van der Waals surface area contributed by atoms with Gasteiger partial charge in [-0.15, -0.1) is 0 Å². The van der Waals surface area contributed by atoms with Crippen molar-refractivity contribution < 1.29 is 9.47 Å². The predicted octanol–water partition coefficient (Wildman–Crippen LogP) is 2.00. The summed E-state index contributed by atoms with van der Waals surface area (Å²) in [5.74, 6) is -0.532. The van der Waals surface area contributed by atoms with Gasteiger partial charge in [0.1, 0.15) is 11.6 Å². The third-order valence-corrected chi connectivity index (χ3v) is 5.08. The molecule has 1 saturated heterocycles. The zero-order valence-corrected chi connectivity index (χ0v) is 14.8. The van der Waals surface area contributed by atoms with E-state index in [2.05, 4.69) is 4.98 Å². The van der Waals surface area contributed by atoms with E-state index >= 15 is 0 Å². The van der Waals surface area contributed by atoms with Gasteiger partial charge in [-0.05, 0) is 33.1 Å². The first kappa shape index (κ1) is 17.9. The number of ether oxygens (including phenoxy) is 2. The highest BCUT2D eigenvalue weighted by atomic mass is 16.7. The molecule has 2 fully saturated rings. The average molecular weight is 347 g/mol. The molecule has 0 radical (unpaired) electrons. The summed E-state index contributed by atoms with van der Waals surface area (Å²) in [4.78, 5) is 27.9. The molecule has 1 atom stereocenters. The summed E-state index contributed by atoms with van der Waals surface area (Å²) in [6, 6.07) is 2.01. The number of rotatable bonds is 4. The van der Waals surface area contributed by atoms with E-state index in [1.807, 2.05) is 19.9 Å². The SMILES string of the molecule is CC1(C)OC[C@H](CCn2c(=O)[nH]c(C3CCCCC3)c(C#N)c2=O)O1. The number of nitrogens with zero attached hydrogens (tertiary/aromatic N) is 2. The van der Waals surface area contributed by atoms with E-state index in [4.69, 9.17) is 9.47 Å². The van der Waals surface area contributed by atoms with Gasteiger partial charge in [0.2, 0.25) is 0 Å². The number of H-pyrrole nitrogens is 1. The van der Waals surface area contributed by atoms with Crippen molar-refractivity contribution in [1.29, 1.82) is 5.26 Å². The van der Waals surface area contributed by atoms with E-state index in [0.29, 0.717) is 18.7 Å². The summed E-state index contributed by atoms with van der Waals surface area (Å²) < 4.78 is 12.3. The van der Waals surface area contributed by atoms with Crippen molar-refractivity contribution in [3.63, 3.8) is 0 Å². The van der Waals surface area contributed by atoms with Gasteiger partial charge in [-0.25, -0.2) is 4.79 Å². The Morgan fingerprint density at radius 2 is 2.00 bits per heavy atom. The fourth-order valence-corrected chi connectivity index (χ4v) is 3.77. The van der Waals surface area contributed by atoms with Crippen molar-refractivity contribution in [1.82, 2.24) is 9.55 Å². The van der Waals surface area contributed by atoms with Gasteiger partial charge in [0.05, 0.1) is 12.7 Å². The lowest BCUT2D eigenvalue weighted by molar-refractivity contribution is -0.139. The fraction of sp³-hybridized carbons (Fsp3) is 0.722. The van der Waals surface area contributed by atoms with Crippen LogP contribution in [0, 0.1) is 11.3 Å². The second-order valence-electron chi connectivity index (χ2n) is 7.36. The quantitative estimate of drug-likeness (QED) is 0.898. The average Bonchev–Trinajstić information content (AvgIpc) is 2.94. The van der Waals surface area contributed by atoms with Crippen molar-refractivity contribution in [2.24, 2.45) is 0 Å². The van der Waals surface area contributed by atoms with Crippen LogP contribution in [0.5, 0.6) is 0 Å². The van der Waals surface area contributed by atoms with Gasteiger partial charge in [-0.2, -0.15) is 5.26 Å². The molecule has 1 aliphatic heterocycles. The number of hydrogen-bond donors (Lipinski definition) is 1. The van der Waals surface area contributed by atoms with Gasteiger partial charge < -0.3 is 14.5 Å². The maximum atomic E-state index is 12.7. The maximum absolute atomic E-state index is 12.7. The molecule has 1 N–H and O–H groups in total. The lowest BCUT2D eigenvalue weighted by Gasteiger charge is -2.22. The van der Waals surface area contributed by atoms with Crippen molar-refractivity contribution >= 4 is 0 Å². The highest BCUT2D eigenvalue weighted by Gasteiger charge is 2.32. The summed E-state index contributed by atoms with van der Waals surface area (Å²) in [5.41, 5.74) is -0.335. The summed E-state index contributed by atoms with van der Waals surface area (Å²) in [6.07, 6.45) is 5.45. The number of nitriles is 1. The van der Waals surface area contributed by atoms with E-state index in [-0.39, 0.29) is 24.1 Å². The molecule has 1 aromatic rings. The van der Waals surface area contributed by atoms with Gasteiger partial charge >= 0.3 is 5.69 Å². The molecule has 0 bridgehead atoms. The van der Waals surface area contributed by atoms with E-state index in [1.54, 1.807) is 0 Å². The Kier molecular flexibility index (Phi) is 5.11. The highest BCUT2D eigenvalue weighted by molar-refractivity contribution is 5.33. The number of aromatic amines is 1. The molecule has 7 nitrogen and oxygen atoms in total. The van der Waals surface area contributed by atoms with Gasteiger partial charge in [-0.1, -0.05) is 19.3 Å². The normalized spacial score (nSPS) is 23.5.